The lowest BCUT2D eigenvalue weighted by molar-refractivity contribution is -0.145. The number of hydrogen-bond donors (Lipinski definition) is 0. The summed E-state index contributed by atoms with van der Waals surface area (Å²) in [6.07, 6.45) is 22.8. The summed E-state index contributed by atoms with van der Waals surface area (Å²) in [6.45, 7) is 2.85. The molecule has 2 unspecified atom stereocenters. The second-order valence-electron chi connectivity index (χ2n) is 7.83. The number of rotatable bonds is 17. The highest BCUT2D eigenvalue weighted by Gasteiger charge is 2.36. The monoisotopic (exact) mass is 428 g/mol. The number of unbranched alkanes of at least 4 members (excludes halogenated alkanes) is 9. The normalized spacial score (nSPS) is 22.1. The van der Waals surface area contributed by atoms with Gasteiger partial charge in [-0.2, -0.15) is 0 Å². The molecule has 29 heavy (non-hydrogen) atoms. The van der Waals surface area contributed by atoms with E-state index in [1.165, 1.54) is 52.1 Å². The zero-order valence-electron chi connectivity index (χ0n) is 18.5. The molecule has 1 aliphatic rings. The van der Waals surface area contributed by atoms with Gasteiger partial charge < -0.3 is 13.8 Å². The highest BCUT2D eigenvalue weighted by Crippen LogP contribution is 2.53. The SMILES string of the molecule is CCCCCCCC/C=C\C=C\CCCCCC(=O)OCC1COP(=O)(OC)C1. The smallest absolute Gasteiger partial charge is 0.330 e. The molecule has 0 aromatic carbocycles. The van der Waals surface area contributed by atoms with Crippen LogP contribution in [0, 0.1) is 5.92 Å². The molecule has 0 amide bonds. The lowest BCUT2D eigenvalue weighted by Gasteiger charge is -2.09. The number of allylic oxidation sites excluding steroid dienone is 4. The van der Waals surface area contributed by atoms with Crippen LogP contribution < -0.4 is 0 Å². The van der Waals surface area contributed by atoms with Gasteiger partial charge in [0.15, 0.2) is 0 Å². The minimum absolute atomic E-state index is 0.0241. The lowest BCUT2D eigenvalue weighted by Crippen LogP contribution is -2.16. The van der Waals surface area contributed by atoms with Crippen LogP contribution in [0.2, 0.25) is 0 Å². The Hall–Kier alpha value is -0.900. The molecule has 0 aromatic rings. The highest BCUT2D eigenvalue weighted by molar-refractivity contribution is 7.54. The Morgan fingerprint density at radius 1 is 1.00 bits per heavy atom. The van der Waals surface area contributed by atoms with Gasteiger partial charge in [-0.3, -0.25) is 9.36 Å². The zero-order chi connectivity index (χ0) is 21.2. The van der Waals surface area contributed by atoms with Gasteiger partial charge in [0, 0.05) is 19.4 Å². The molecule has 0 aliphatic carbocycles. The van der Waals surface area contributed by atoms with E-state index in [4.69, 9.17) is 13.8 Å². The van der Waals surface area contributed by atoms with Crippen molar-refractivity contribution in [1.29, 1.82) is 0 Å². The molecule has 1 aliphatic heterocycles. The van der Waals surface area contributed by atoms with E-state index in [-0.39, 0.29) is 18.5 Å². The van der Waals surface area contributed by atoms with Crippen LogP contribution in [0.3, 0.4) is 0 Å². The van der Waals surface area contributed by atoms with E-state index in [2.05, 4.69) is 31.2 Å². The van der Waals surface area contributed by atoms with Crippen LogP contribution in [0.5, 0.6) is 0 Å². The second kappa shape index (κ2) is 16.8. The van der Waals surface area contributed by atoms with E-state index in [0.717, 1.165) is 25.7 Å². The Bertz CT molecular complexity index is 529. The fourth-order valence-electron chi connectivity index (χ4n) is 3.25. The predicted octanol–water partition coefficient (Wildman–Crippen LogP) is 6.83. The van der Waals surface area contributed by atoms with Crippen LogP contribution in [0.4, 0.5) is 0 Å². The summed E-state index contributed by atoms with van der Waals surface area (Å²) in [5.41, 5.74) is 0. The lowest BCUT2D eigenvalue weighted by atomic mass is 10.1. The van der Waals surface area contributed by atoms with Crippen LogP contribution in [0.15, 0.2) is 24.3 Å². The maximum atomic E-state index is 11.9. The van der Waals surface area contributed by atoms with Gasteiger partial charge in [-0.1, -0.05) is 69.8 Å². The fourth-order valence-corrected chi connectivity index (χ4v) is 4.89. The molecule has 0 spiro atoms. The van der Waals surface area contributed by atoms with Crippen LogP contribution >= 0.6 is 7.60 Å². The van der Waals surface area contributed by atoms with Crippen LogP contribution in [-0.4, -0.2) is 32.5 Å². The second-order valence-corrected chi connectivity index (χ2v) is 10.0. The fraction of sp³-hybridized carbons (Fsp3) is 0.783. The Morgan fingerprint density at radius 2 is 1.62 bits per heavy atom. The van der Waals surface area contributed by atoms with Crippen molar-refractivity contribution >= 4 is 13.6 Å². The van der Waals surface area contributed by atoms with Crippen molar-refractivity contribution in [2.24, 2.45) is 5.92 Å². The first-order valence-corrected chi connectivity index (χ1v) is 13.1. The molecule has 6 heteroatoms. The van der Waals surface area contributed by atoms with E-state index < -0.39 is 7.60 Å². The van der Waals surface area contributed by atoms with E-state index >= 15 is 0 Å². The van der Waals surface area contributed by atoms with E-state index in [1.54, 1.807) is 0 Å². The van der Waals surface area contributed by atoms with Crippen molar-refractivity contribution in [1.82, 2.24) is 0 Å². The van der Waals surface area contributed by atoms with Gasteiger partial charge in [0.25, 0.3) is 0 Å². The quantitative estimate of drug-likeness (QED) is 0.110. The summed E-state index contributed by atoms with van der Waals surface area (Å²) >= 11 is 0. The van der Waals surface area contributed by atoms with Gasteiger partial charge >= 0.3 is 13.6 Å². The Balaban J connectivity index is 1.90. The average molecular weight is 429 g/mol. The third kappa shape index (κ3) is 13.9. The molecular formula is C23H41O5P. The number of carbonyl (C=O) groups is 1. The van der Waals surface area contributed by atoms with Gasteiger partial charge in [0.1, 0.15) is 0 Å². The number of carbonyl (C=O) groups excluding carboxylic acids is 1. The molecule has 1 fully saturated rings. The van der Waals surface area contributed by atoms with Crippen molar-refractivity contribution in [2.45, 2.75) is 84.0 Å². The van der Waals surface area contributed by atoms with Crippen LogP contribution in [0.25, 0.3) is 0 Å². The Labute approximate surface area is 177 Å². The molecule has 168 valence electrons. The maximum absolute atomic E-state index is 11.9. The zero-order valence-corrected chi connectivity index (χ0v) is 19.4. The van der Waals surface area contributed by atoms with Gasteiger partial charge in [0.2, 0.25) is 0 Å². The van der Waals surface area contributed by atoms with Gasteiger partial charge in [-0.05, 0) is 32.1 Å². The van der Waals surface area contributed by atoms with Crippen molar-refractivity contribution < 1.29 is 23.1 Å². The predicted molar refractivity (Wildman–Crippen MR) is 119 cm³/mol. The molecule has 0 bridgehead atoms. The summed E-state index contributed by atoms with van der Waals surface area (Å²) in [5.74, 6) is -0.207. The van der Waals surface area contributed by atoms with Crippen molar-refractivity contribution in [2.75, 3.05) is 26.5 Å². The van der Waals surface area contributed by atoms with E-state index in [9.17, 15) is 9.36 Å². The molecule has 0 aromatic heterocycles. The number of ether oxygens (including phenoxy) is 1. The summed E-state index contributed by atoms with van der Waals surface area (Å²) in [4.78, 5) is 11.8. The average Bonchev–Trinajstić information content (AvgIpc) is 3.11. The highest BCUT2D eigenvalue weighted by atomic mass is 31.2. The third-order valence-electron chi connectivity index (χ3n) is 5.11. The minimum Gasteiger partial charge on any atom is -0.465 e. The number of esters is 1. The minimum atomic E-state index is -2.92. The summed E-state index contributed by atoms with van der Waals surface area (Å²) in [7, 11) is -1.54. The summed E-state index contributed by atoms with van der Waals surface area (Å²) < 4.78 is 27.2. The molecule has 5 nitrogen and oxygen atoms in total. The van der Waals surface area contributed by atoms with E-state index in [0.29, 0.717) is 19.2 Å². The first-order chi connectivity index (χ1) is 14.1. The summed E-state index contributed by atoms with van der Waals surface area (Å²) in [5, 5.41) is 0. The van der Waals surface area contributed by atoms with E-state index in [1.807, 2.05) is 0 Å². The molecule has 1 rings (SSSR count). The molecule has 0 radical (unpaired) electrons. The van der Waals surface area contributed by atoms with Gasteiger partial charge in [-0.15, -0.1) is 0 Å². The molecule has 2 atom stereocenters. The van der Waals surface area contributed by atoms with Crippen molar-refractivity contribution in [3.05, 3.63) is 24.3 Å². The number of hydrogen-bond acceptors (Lipinski definition) is 5. The molecule has 0 N–H and O–H groups in total. The topological polar surface area (TPSA) is 61.8 Å². The summed E-state index contributed by atoms with van der Waals surface area (Å²) in [6, 6.07) is 0. The van der Waals surface area contributed by atoms with Crippen molar-refractivity contribution in [3.63, 3.8) is 0 Å². The molecule has 1 saturated heterocycles. The molecule has 1 heterocycles. The molecular weight excluding hydrogens is 387 g/mol. The molecule has 0 saturated carbocycles. The van der Waals surface area contributed by atoms with Crippen LogP contribution in [0.1, 0.15) is 84.0 Å². The van der Waals surface area contributed by atoms with Crippen molar-refractivity contribution in [3.8, 4) is 0 Å². The first kappa shape index (κ1) is 26.1. The van der Waals surface area contributed by atoms with Crippen LogP contribution in [-0.2, 0) is 23.1 Å². The maximum Gasteiger partial charge on any atom is 0.330 e. The standard InChI is InChI=1S/C23H41O5P/c1-3-4-5-6-7-8-9-10-11-12-13-14-15-16-17-18-23(24)27-19-22-20-28-29(25,21-22)26-2/h10-13,22H,3-9,14-21H2,1-2H3/b11-10-,13-12+. The van der Waals surface area contributed by atoms with Gasteiger partial charge in [-0.25, -0.2) is 0 Å². The van der Waals surface area contributed by atoms with Gasteiger partial charge in [0.05, 0.1) is 19.4 Å². The Kier molecular flexibility index (Phi) is 15.2. The Morgan fingerprint density at radius 3 is 2.24 bits per heavy atom. The first-order valence-electron chi connectivity index (χ1n) is 11.4. The third-order valence-corrected chi connectivity index (χ3v) is 7.17. The largest absolute Gasteiger partial charge is 0.465 e.